The highest BCUT2D eigenvalue weighted by Crippen LogP contribution is 2.36. The average Bonchev–Trinajstić information content (AvgIpc) is 2.74. The van der Waals surface area contributed by atoms with Gasteiger partial charge in [-0.1, -0.05) is 42.7 Å². The largest absolute Gasteiger partial charge is 0.390 e. The minimum atomic E-state index is 0.0885. The number of anilines is 1. The molecular weight excluding hydrogens is 278 g/mol. The Morgan fingerprint density at radius 1 is 1.05 bits per heavy atom. The first-order chi connectivity index (χ1) is 10.2. The van der Waals surface area contributed by atoms with Gasteiger partial charge in [0.2, 0.25) is 0 Å². The fourth-order valence-electron chi connectivity index (χ4n) is 3.04. The molecule has 1 aliphatic rings. The molecule has 0 aliphatic heterocycles. The number of rotatable bonds is 2. The molecule has 110 valence electrons. The lowest BCUT2D eigenvalue weighted by Crippen LogP contribution is -2.08. The lowest BCUT2D eigenvalue weighted by Gasteiger charge is -2.11. The Balaban J connectivity index is 2.01. The summed E-state index contributed by atoms with van der Waals surface area (Å²) in [6.45, 7) is 2.03. The molecule has 1 aliphatic carbocycles. The molecule has 1 heterocycles. The number of carbonyl (C=O) groups excluding carboxylic acids is 1. The molecule has 0 spiro atoms. The van der Waals surface area contributed by atoms with Crippen LogP contribution in [0.4, 0.5) is 5.00 Å². The molecule has 2 N–H and O–H groups in total. The lowest BCUT2D eigenvalue weighted by molar-refractivity contribution is 0.103. The van der Waals surface area contributed by atoms with Crippen LogP contribution in [-0.4, -0.2) is 5.78 Å². The van der Waals surface area contributed by atoms with Crippen LogP contribution in [0.1, 0.15) is 57.6 Å². The predicted octanol–water partition coefficient (Wildman–Crippen LogP) is 4.53. The van der Waals surface area contributed by atoms with Gasteiger partial charge in [-0.3, -0.25) is 4.79 Å². The van der Waals surface area contributed by atoms with Gasteiger partial charge < -0.3 is 5.73 Å². The second-order valence-corrected chi connectivity index (χ2v) is 6.99. The Hall–Kier alpha value is -1.61. The van der Waals surface area contributed by atoms with E-state index < -0.39 is 0 Å². The third kappa shape index (κ3) is 2.88. The second kappa shape index (κ2) is 6.02. The minimum Gasteiger partial charge on any atom is -0.390 e. The van der Waals surface area contributed by atoms with Crippen LogP contribution < -0.4 is 5.73 Å². The maximum Gasteiger partial charge on any atom is 0.196 e. The number of nitrogens with two attached hydrogens (primary N) is 1. The fourth-order valence-corrected chi connectivity index (χ4v) is 4.20. The zero-order valence-corrected chi connectivity index (χ0v) is 13.3. The Morgan fingerprint density at radius 3 is 2.43 bits per heavy atom. The molecule has 0 saturated carbocycles. The number of benzene rings is 1. The van der Waals surface area contributed by atoms with Crippen molar-refractivity contribution in [3.8, 4) is 0 Å². The highest BCUT2D eigenvalue weighted by atomic mass is 32.1. The smallest absolute Gasteiger partial charge is 0.196 e. The summed E-state index contributed by atoms with van der Waals surface area (Å²) >= 11 is 1.62. The monoisotopic (exact) mass is 299 g/mol. The topological polar surface area (TPSA) is 43.1 Å². The number of carbonyl (C=O) groups is 1. The number of aryl methyl sites for hydroxylation is 2. The number of ketones is 1. The van der Waals surface area contributed by atoms with Gasteiger partial charge in [0.1, 0.15) is 0 Å². The summed E-state index contributed by atoms with van der Waals surface area (Å²) in [6, 6.07) is 7.78. The van der Waals surface area contributed by atoms with Crippen LogP contribution in [0, 0.1) is 6.92 Å². The normalized spacial score (nSPS) is 15.1. The molecule has 0 bridgehead atoms. The van der Waals surface area contributed by atoms with E-state index in [-0.39, 0.29) is 5.78 Å². The molecule has 1 aromatic heterocycles. The first kappa shape index (κ1) is 14.3. The number of hydrogen-bond donors (Lipinski definition) is 1. The molecule has 2 nitrogen and oxygen atoms in total. The molecule has 0 radical (unpaired) electrons. The maximum atomic E-state index is 12.8. The van der Waals surface area contributed by atoms with Crippen LogP contribution in [0.15, 0.2) is 24.3 Å². The molecule has 21 heavy (non-hydrogen) atoms. The predicted molar refractivity (Wildman–Crippen MR) is 89.2 cm³/mol. The summed E-state index contributed by atoms with van der Waals surface area (Å²) in [7, 11) is 0. The fraction of sp³-hybridized carbons (Fsp3) is 0.389. The van der Waals surface area contributed by atoms with Gasteiger partial charge in [-0.25, -0.2) is 0 Å². The van der Waals surface area contributed by atoms with Gasteiger partial charge in [0.25, 0.3) is 0 Å². The van der Waals surface area contributed by atoms with Crippen molar-refractivity contribution < 1.29 is 4.79 Å². The van der Waals surface area contributed by atoms with Crippen molar-refractivity contribution >= 4 is 22.1 Å². The Morgan fingerprint density at radius 2 is 1.71 bits per heavy atom. The van der Waals surface area contributed by atoms with E-state index in [1.165, 1.54) is 35.3 Å². The highest BCUT2D eigenvalue weighted by Gasteiger charge is 2.23. The summed E-state index contributed by atoms with van der Waals surface area (Å²) in [5, 5.41) is 0.701. The first-order valence-corrected chi connectivity index (χ1v) is 8.50. The third-order valence-electron chi connectivity index (χ3n) is 4.24. The van der Waals surface area contributed by atoms with E-state index in [9.17, 15) is 4.79 Å². The Bertz CT molecular complexity index is 655. The van der Waals surface area contributed by atoms with Gasteiger partial charge in [0.05, 0.1) is 10.6 Å². The van der Waals surface area contributed by atoms with Gasteiger partial charge >= 0.3 is 0 Å². The van der Waals surface area contributed by atoms with Gasteiger partial charge in [0, 0.05) is 10.4 Å². The zero-order chi connectivity index (χ0) is 14.8. The number of nitrogen functional groups attached to an aromatic ring is 1. The van der Waals surface area contributed by atoms with Crippen LogP contribution in [0.25, 0.3) is 0 Å². The Kier molecular flexibility index (Phi) is 4.11. The van der Waals surface area contributed by atoms with Crippen molar-refractivity contribution in [3.05, 3.63) is 51.4 Å². The highest BCUT2D eigenvalue weighted by molar-refractivity contribution is 7.16. The SMILES string of the molecule is Cc1ccc(C(=O)c2c(N)sc3c2CCCCCC3)cc1. The summed E-state index contributed by atoms with van der Waals surface area (Å²) in [4.78, 5) is 14.2. The molecule has 0 unspecified atom stereocenters. The van der Waals surface area contributed by atoms with Crippen molar-refractivity contribution in [2.24, 2.45) is 0 Å². The number of fused-ring (bicyclic) bond motifs is 1. The van der Waals surface area contributed by atoms with Gasteiger partial charge in [-0.05, 0) is 38.2 Å². The molecule has 3 heteroatoms. The summed E-state index contributed by atoms with van der Waals surface area (Å²) in [5.74, 6) is 0.0885. The Labute approximate surface area is 130 Å². The van der Waals surface area contributed by atoms with Gasteiger partial charge in [-0.15, -0.1) is 11.3 Å². The van der Waals surface area contributed by atoms with Crippen molar-refractivity contribution in [2.45, 2.75) is 45.4 Å². The molecule has 0 fully saturated rings. The lowest BCUT2D eigenvalue weighted by atomic mass is 9.93. The first-order valence-electron chi connectivity index (χ1n) is 7.68. The third-order valence-corrected chi connectivity index (χ3v) is 5.36. The summed E-state index contributed by atoms with van der Waals surface area (Å²) in [6.07, 6.45) is 7.00. The van der Waals surface area contributed by atoms with E-state index in [1.807, 2.05) is 31.2 Å². The van der Waals surface area contributed by atoms with Gasteiger partial charge in [-0.2, -0.15) is 0 Å². The molecule has 1 aromatic carbocycles. The number of thiophene rings is 1. The van der Waals surface area contributed by atoms with Crippen molar-refractivity contribution in [1.29, 1.82) is 0 Å². The standard InChI is InChI=1S/C18H21NOS/c1-12-8-10-13(11-9-12)17(20)16-14-6-4-2-3-5-7-15(14)21-18(16)19/h8-11H,2-7,19H2,1H3. The second-order valence-electron chi connectivity index (χ2n) is 5.85. The zero-order valence-electron chi connectivity index (χ0n) is 12.4. The van der Waals surface area contributed by atoms with E-state index in [2.05, 4.69) is 0 Å². The molecule has 2 aromatic rings. The molecule has 0 atom stereocenters. The van der Waals surface area contributed by atoms with E-state index in [4.69, 9.17) is 5.73 Å². The summed E-state index contributed by atoms with van der Waals surface area (Å²) < 4.78 is 0. The van der Waals surface area contributed by atoms with Crippen LogP contribution in [-0.2, 0) is 12.8 Å². The van der Waals surface area contributed by atoms with Crippen LogP contribution in [0.5, 0.6) is 0 Å². The van der Waals surface area contributed by atoms with Crippen molar-refractivity contribution in [3.63, 3.8) is 0 Å². The van der Waals surface area contributed by atoms with Crippen LogP contribution in [0.2, 0.25) is 0 Å². The maximum absolute atomic E-state index is 12.8. The van der Waals surface area contributed by atoms with Crippen molar-refractivity contribution in [1.82, 2.24) is 0 Å². The summed E-state index contributed by atoms with van der Waals surface area (Å²) in [5.41, 5.74) is 10.1. The van der Waals surface area contributed by atoms with Crippen molar-refractivity contribution in [2.75, 3.05) is 5.73 Å². The minimum absolute atomic E-state index is 0.0885. The molecular formula is C18H21NOS. The van der Waals surface area contributed by atoms with E-state index in [0.717, 1.165) is 30.4 Å². The molecule has 3 rings (SSSR count). The average molecular weight is 299 g/mol. The number of hydrogen-bond acceptors (Lipinski definition) is 3. The van der Waals surface area contributed by atoms with E-state index in [0.29, 0.717) is 5.00 Å². The van der Waals surface area contributed by atoms with Gasteiger partial charge in [0.15, 0.2) is 5.78 Å². The van der Waals surface area contributed by atoms with Crippen LogP contribution >= 0.6 is 11.3 Å². The van der Waals surface area contributed by atoms with Crippen LogP contribution in [0.3, 0.4) is 0 Å². The quantitative estimate of drug-likeness (QED) is 0.828. The van der Waals surface area contributed by atoms with E-state index in [1.54, 1.807) is 11.3 Å². The molecule has 0 amide bonds. The molecule has 0 saturated heterocycles. The van der Waals surface area contributed by atoms with E-state index >= 15 is 0 Å².